The molecular weight excluding hydrogens is 188 g/mol. The molecule has 0 saturated heterocycles. The van der Waals surface area contributed by atoms with Crippen molar-refractivity contribution < 1.29 is 9.53 Å². The van der Waals surface area contributed by atoms with Crippen molar-refractivity contribution in [3.05, 3.63) is 23.8 Å². The molecule has 0 heterocycles. The van der Waals surface area contributed by atoms with Gasteiger partial charge >= 0.3 is 5.97 Å². The van der Waals surface area contributed by atoms with Gasteiger partial charge in [-0.25, -0.2) is 4.79 Å². The summed E-state index contributed by atoms with van der Waals surface area (Å²) in [4.78, 5) is 11.1. The first-order chi connectivity index (χ1) is 7.20. The lowest BCUT2D eigenvalue weighted by Gasteiger charge is -1.99. The highest BCUT2D eigenvalue weighted by Gasteiger charge is 1.96. The molecule has 0 aromatic heterocycles. The van der Waals surface area contributed by atoms with E-state index in [-0.39, 0.29) is 5.97 Å². The van der Waals surface area contributed by atoms with E-state index in [9.17, 15) is 4.79 Å². The lowest BCUT2D eigenvalue weighted by atomic mass is 10.1. The first kappa shape index (κ1) is 13.9. The maximum absolute atomic E-state index is 11.1. The maximum atomic E-state index is 11.1. The van der Waals surface area contributed by atoms with Gasteiger partial charge < -0.3 is 4.74 Å². The van der Waals surface area contributed by atoms with Crippen LogP contribution >= 0.6 is 0 Å². The van der Waals surface area contributed by atoms with Crippen molar-refractivity contribution in [1.82, 2.24) is 0 Å². The van der Waals surface area contributed by atoms with Crippen LogP contribution in [0, 0.1) is 0 Å². The van der Waals surface area contributed by atoms with Crippen LogP contribution in [-0.4, -0.2) is 12.6 Å². The first-order valence-electron chi connectivity index (χ1n) is 5.69. The van der Waals surface area contributed by atoms with E-state index in [1.54, 1.807) is 6.08 Å². The van der Waals surface area contributed by atoms with Gasteiger partial charge in [-0.3, -0.25) is 0 Å². The van der Waals surface area contributed by atoms with Crippen molar-refractivity contribution in [2.75, 3.05) is 6.61 Å². The van der Waals surface area contributed by atoms with Gasteiger partial charge in [0.2, 0.25) is 0 Å². The van der Waals surface area contributed by atoms with Gasteiger partial charge in [-0.15, -0.1) is 0 Å². The highest BCUT2D eigenvalue weighted by Crippen LogP contribution is 2.05. The third kappa shape index (κ3) is 9.26. The molecule has 15 heavy (non-hydrogen) atoms. The smallest absolute Gasteiger partial charge is 0.330 e. The Hall–Kier alpha value is -1.05. The summed E-state index contributed by atoms with van der Waals surface area (Å²) in [6, 6.07) is 0. The Balaban J connectivity index is 3.72. The molecule has 0 spiro atoms. The van der Waals surface area contributed by atoms with Crippen LogP contribution in [0.4, 0.5) is 0 Å². The second-order valence-electron chi connectivity index (χ2n) is 3.54. The molecule has 0 aliphatic heterocycles. The van der Waals surface area contributed by atoms with Gasteiger partial charge in [-0.2, -0.15) is 0 Å². The third-order valence-electron chi connectivity index (χ3n) is 1.98. The standard InChI is InChI=1S/C13H22O2/c1-4-6-7-8-9-10-12(3)11-13(14)15-5-2/h7-8,11H,4-6,9-10H2,1-3H3. The van der Waals surface area contributed by atoms with E-state index in [1.807, 2.05) is 13.8 Å². The fourth-order valence-corrected chi connectivity index (χ4v) is 1.17. The summed E-state index contributed by atoms with van der Waals surface area (Å²) in [5.74, 6) is -0.229. The van der Waals surface area contributed by atoms with Crippen LogP contribution in [0.5, 0.6) is 0 Å². The number of unbranched alkanes of at least 4 members (excludes halogenated alkanes) is 1. The molecule has 2 nitrogen and oxygen atoms in total. The average Bonchev–Trinajstić information content (AvgIpc) is 2.17. The Labute approximate surface area is 93.0 Å². The molecule has 0 unspecified atom stereocenters. The Morgan fingerprint density at radius 3 is 2.47 bits per heavy atom. The monoisotopic (exact) mass is 210 g/mol. The van der Waals surface area contributed by atoms with Crippen LogP contribution < -0.4 is 0 Å². The van der Waals surface area contributed by atoms with E-state index in [2.05, 4.69) is 19.1 Å². The minimum atomic E-state index is -0.229. The van der Waals surface area contributed by atoms with E-state index in [0.29, 0.717) is 6.61 Å². The van der Waals surface area contributed by atoms with Gasteiger partial charge in [-0.05, 0) is 33.1 Å². The van der Waals surface area contributed by atoms with Gasteiger partial charge in [0.1, 0.15) is 0 Å². The van der Waals surface area contributed by atoms with E-state index < -0.39 is 0 Å². The zero-order chi connectivity index (χ0) is 11.5. The number of hydrogen-bond donors (Lipinski definition) is 0. The molecule has 0 fully saturated rings. The van der Waals surface area contributed by atoms with Crippen LogP contribution in [0.1, 0.15) is 46.5 Å². The molecule has 0 aromatic carbocycles. The van der Waals surface area contributed by atoms with E-state index in [0.717, 1.165) is 24.8 Å². The zero-order valence-corrected chi connectivity index (χ0v) is 10.1. The molecule has 86 valence electrons. The van der Waals surface area contributed by atoms with Gasteiger partial charge in [0.15, 0.2) is 0 Å². The fraction of sp³-hybridized carbons (Fsp3) is 0.615. The Kier molecular flexibility index (Phi) is 8.84. The first-order valence-corrected chi connectivity index (χ1v) is 5.69. The lowest BCUT2D eigenvalue weighted by Crippen LogP contribution is -2.00. The molecule has 2 heteroatoms. The van der Waals surface area contributed by atoms with Crippen molar-refractivity contribution in [2.45, 2.75) is 46.5 Å². The van der Waals surface area contributed by atoms with E-state index >= 15 is 0 Å². The molecule has 0 saturated carbocycles. The Morgan fingerprint density at radius 2 is 1.87 bits per heavy atom. The lowest BCUT2D eigenvalue weighted by molar-refractivity contribution is -0.137. The summed E-state index contributed by atoms with van der Waals surface area (Å²) in [5.41, 5.74) is 1.08. The third-order valence-corrected chi connectivity index (χ3v) is 1.98. The summed E-state index contributed by atoms with van der Waals surface area (Å²) in [6.07, 6.45) is 10.2. The molecule has 0 atom stereocenters. The molecule has 0 amide bonds. The quantitative estimate of drug-likeness (QED) is 0.364. The van der Waals surface area contributed by atoms with Gasteiger partial charge in [-0.1, -0.05) is 31.1 Å². The predicted octanol–water partition coefficient (Wildman–Crippen LogP) is 3.63. The molecule has 0 radical (unpaired) electrons. The number of rotatable bonds is 7. The molecule has 0 aliphatic carbocycles. The van der Waals surface area contributed by atoms with Gasteiger partial charge in [0.05, 0.1) is 6.61 Å². The highest BCUT2D eigenvalue weighted by atomic mass is 16.5. The van der Waals surface area contributed by atoms with Crippen molar-refractivity contribution >= 4 is 5.97 Å². The van der Waals surface area contributed by atoms with Crippen molar-refractivity contribution in [2.24, 2.45) is 0 Å². The number of esters is 1. The van der Waals surface area contributed by atoms with E-state index in [1.165, 1.54) is 6.42 Å². The van der Waals surface area contributed by atoms with Gasteiger partial charge in [0, 0.05) is 6.08 Å². The maximum Gasteiger partial charge on any atom is 0.330 e. The van der Waals surface area contributed by atoms with Gasteiger partial charge in [0.25, 0.3) is 0 Å². The normalized spacial score (nSPS) is 12.1. The van der Waals surface area contributed by atoms with Crippen LogP contribution in [0.3, 0.4) is 0 Å². The summed E-state index contributed by atoms with van der Waals surface area (Å²) < 4.78 is 4.82. The summed E-state index contributed by atoms with van der Waals surface area (Å²) in [7, 11) is 0. The molecule has 0 aliphatic rings. The second-order valence-corrected chi connectivity index (χ2v) is 3.54. The van der Waals surface area contributed by atoms with Crippen LogP contribution in [-0.2, 0) is 9.53 Å². The molecule has 0 aromatic rings. The Morgan fingerprint density at radius 1 is 1.20 bits per heavy atom. The van der Waals surface area contributed by atoms with Crippen LogP contribution in [0.2, 0.25) is 0 Å². The summed E-state index contributed by atoms with van der Waals surface area (Å²) in [6.45, 7) is 6.38. The molecular formula is C13H22O2. The average molecular weight is 210 g/mol. The number of ether oxygens (including phenoxy) is 1. The SMILES string of the molecule is CCCC=CCCC(C)=CC(=O)OCC. The van der Waals surface area contributed by atoms with Crippen LogP contribution in [0.15, 0.2) is 23.8 Å². The zero-order valence-electron chi connectivity index (χ0n) is 10.1. The van der Waals surface area contributed by atoms with Crippen molar-refractivity contribution in [3.8, 4) is 0 Å². The molecule has 0 rings (SSSR count). The fourth-order valence-electron chi connectivity index (χ4n) is 1.17. The van der Waals surface area contributed by atoms with Crippen LogP contribution in [0.25, 0.3) is 0 Å². The number of allylic oxidation sites excluding steroid dienone is 3. The topological polar surface area (TPSA) is 26.3 Å². The van der Waals surface area contributed by atoms with Crippen molar-refractivity contribution in [1.29, 1.82) is 0 Å². The highest BCUT2D eigenvalue weighted by molar-refractivity contribution is 5.82. The number of carbonyl (C=O) groups excluding carboxylic acids is 1. The Bertz CT molecular complexity index is 227. The summed E-state index contributed by atoms with van der Waals surface area (Å²) in [5, 5.41) is 0. The molecule has 0 N–H and O–H groups in total. The minimum Gasteiger partial charge on any atom is -0.463 e. The van der Waals surface area contributed by atoms with Crippen molar-refractivity contribution in [3.63, 3.8) is 0 Å². The minimum absolute atomic E-state index is 0.229. The number of carbonyl (C=O) groups is 1. The second kappa shape index (κ2) is 9.50. The summed E-state index contributed by atoms with van der Waals surface area (Å²) >= 11 is 0. The van der Waals surface area contributed by atoms with E-state index in [4.69, 9.17) is 4.74 Å². The largest absolute Gasteiger partial charge is 0.463 e. The predicted molar refractivity (Wildman–Crippen MR) is 63.7 cm³/mol. The molecule has 0 bridgehead atoms. The number of hydrogen-bond acceptors (Lipinski definition) is 2.